The van der Waals surface area contributed by atoms with Gasteiger partial charge < -0.3 is 4.74 Å². The molecule has 0 aliphatic carbocycles. The third-order valence-electron chi connectivity index (χ3n) is 2.77. The summed E-state index contributed by atoms with van der Waals surface area (Å²) in [4.78, 5) is 10.8. The predicted octanol–water partition coefficient (Wildman–Crippen LogP) is 2.88. The molecule has 0 N–H and O–H groups in total. The van der Waals surface area contributed by atoms with Crippen molar-refractivity contribution >= 4 is 23.0 Å². The number of ether oxygens (including phenoxy) is 1. The van der Waals surface area contributed by atoms with Crippen LogP contribution in [-0.4, -0.2) is 27.3 Å². The maximum Gasteiger partial charge on any atom is 0.186 e. The summed E-state index contributed by atoms with van der Waals surface area (Å²) in [6.07, 6.45) is 11.3. The molecule has 1 aromatic rings. The molecule has 98 valence electrons. The summed E-state index contributed by atoms with van der Waals surface area (Å²) >= 11 is 1.31. The first-order valence-electron chi connectivity index (χ1n) is 6.21. The molecule has 0 radical (unpaired) electrons. The second-order valence-electron chi connectivity index (χ2n) is 4.28. The van der Waals surface area contributed by atoms with E-state index in [4.69, 9.17) is 4.74 Å². The lowest BCUT2D eigenvalue weighted by Crippen LogP contribution is -2.18. The molecule has 0 bridgehead atoms. The molecule has 1 atom stereocenters. The SMILES string of the molecule is CC(=O)SCC=Cc1cnn([C@@H]2CCCCO2)c1. The lowest BCUT2D eigenvalue weighted by molar-refractivity contribution is -0.109. The Kier molecular flexibility index (Phi) is 5.01. The number of nitrogens with zero attached hydrogens (tertiary/aromatic N) is 2. The molecule has 0 aromatic carbocycles. The van der Waals surface area contributed by atoms with Crippen molar-refractivity contribution in [1.29, 1.82) is 0 Å². The highest BCUT2D eigenvalue weighted by Crippen LogP contribution is 2.22. The number of thioether (sulfide) groups is 1. The zero-order valence-corrected chi connectivity index (χ0v) is 11.4. The van der Waals surface area contributed by atoms with Gasteiger partial charge in [-0.3, -0.25) is 4.79 Å². The number of carbonyl (C=O) groups excluding carboxylic acids is 1. The number of hydrogen-bond donors (Lipinski definition) is 0. The van der Waals surface area contributed by atoms with Crippen molar-refractivity contribution in [3.63, 3.8) is 0 Å². The van der Waals surface area contributed by atoms with Gasteiger partial charge in [0.15, 0.2) is 5.12 Å². The van der Waals surface area contributed by atoms with Gasteiger partial charge >= 0.3 is 0 Å². The van der Waals surface area contributed by atoms with Gasteiger partial charge in [0.05, 0.1) is 6.20 Å². The van der Waals surface area contributed by atoms with Gasteiger partial charge in [0.1, 0.15) is 6.23 Å². The van der Waals surface area contributed by atoms with Crippen molar-refractivity contribution in [2.75, 3.05) is 12.4 Å². The van der Waals surface area contributed by atoms with Gasteiger partial charge in [-0.1, -0.05) is 23.9 Å². The predicted molar refractivity (Wildman–Crippen MR) is 73.2 cm³/mol. The topological polar surface area (TPSA) is 44.1 Å². The minimum Gasteiger partial charge on any atom is -0.357 e. The molecular weight excluding hydrogens is 248 g/mol. The van der Waals surface area contributed by atoms with E-state index < -0.39 is 0 Å². The van der Waals surface area contributed by atoms with Gasteiger partial charge in [-0.05, 0) is 19.3 Å². The van der Waals surface area contributed by atoms with Crippen LogP contribution in [-0.2, 0) is 9.53 Å². The Morgan fingerprint density at radius 1 is 1.67 bits per heavy atom. The van der Waals surface area contributed by atoms with E-state index in [1.54, 1.807) is 6.92 Å². The molecule has 0 amide bonds. The number of aromatic nitrogens is 2. The summed E-state index contributed by atoms with van der Waals surface area (Å²) in [5, 5.41) is 4.46. The molecule has 0 unspecified atom stereocenters. The first-order chi connectivity index (χ1) is 8.75. The summed E-state index contributed by atoms with van der Waals surface area (Å²) in [6, 6.07) is 0. The summed E-state index contributed by atoms with van der Waals surface area (Å²) in [7, 11) is 0. The highest BCUT2D eigenvalue weighted by atomic mass is 32.2. The summed E-state index contributed by atoms with van der Waals surface area (Å²) in [6.45, 7) is 2.40. The lowest BCUT2D eigenvalue weighted by Gasteiger charge is -2.22. The van der Waals surface area contributed by atoms with Gasteiger partial charge in [-0.2, -0.15) is 5.10 Å². The first-order valence-corrected chi connectivity index (χ1v) is 7.20. The fourth-order valence-electron chi connectivity index (χ4n) is 1.88. The smallest absolute Gasteiger partial charge is 0.186 e. The van der Waals surface area contributed by atoms with Crippen LogP contribution in [0, 0.1) is 0 Å². The Morgan fingerprint density at radius 2 is 2.56 bits per heavy atom. The molecule has 1 aromatic heterocycles. The zero-order valence-electron chi connectivity index (χ0n) is 10.5. The van der Waals surface area contributed by atoms with E-state index in [0.29, 0.717) is 5.75 Å². The second kappa shape index (κ2) is 6.75. The highest BCUT2D eigenvalue weighted by Gasteiger charge is 2.15. The molecule has 1 saturated heterocycles. The minimum absolute atomic E-state index is 0.0903. The van der Waals surface area contributed by atoms with Crippen molar-refractivity contribution in [1.82, 2.24) is 9.78 Å². The van der Waals surface area contributed by atoms with Crippen LogP contribution >= 0.6 is 11.8 Å². The fraction of sp³-hybridized carbons (Fsp3) is 0.538. The van der Waals surface area contributed by atoms with Crippen molar-refractivity contribution < 1.29 is 9.53 Å². The van der Waals surface area contributed by atoms with Gasteiger partial charge in [-0.15, -0.1) is 0 Å². The molecule has 1 aliphatic rings. The van der Waals surface area contributed by atoms with Crippen LogP contribution in [0.15, 0.2) is 18.5 Å². The van der Waals surface area contributed by atoms with Crippen molar-refractivity contribution in [2.24, 2.45) is 0 Å². The second-order valence-corrected chi connectivity index (χ2v) is 5.48. The summed E-state index contributed by atoms with van der Waals surface area (Å²) in [5.41, 5.74) is 1.05. The van der Waals surface area contributed by atoms with Gasteiger partial charge in [0.25, 0.3) is 0 Å². The van der Waals surface area contributed by atoms with Crippen LogP contribution in [0.5, 0.6) is 0 Å². The molecule has 1 aliphatic heterocycles. The Morgan fingerprint density at radius 3 is 3.28 bits per heavy atom. The van der Waals surface area contributed by atoms with E-state index in [1.165, 1.54) is 18.2 Å². The molecular formula is C13H18N2O2S. The largest absolute Gasteiger partial charge is 0.357 e. The number of rotatable bonds is 4. The average Bonchev–Trinajstić information content (AvgIpc) is 2.84. The lowest BCUT2D eigenvalue weighted by atomic mass is 10.2. The minimum atomic E-state index is 0.0903. The molecule has 1 fully saturated rings. The van der Waals surface area contributed by atoms with Crippen LogP contribution < -0.4 is 0 Å². The van der Waals surface area contributed by atoms with Gasteiger partial charge in [-0.25, -0.2) is 4.68 Å². The third kappa shape index (κ3) is 3.99. The van der Waals surface area contributed by atoms with Gasteiger partial charge in [0.2, 0.25) is 0 Å². The van der Waals surface area contributed by atoms with Crippen LogP contribution in [0.1, 0.15) is 38.0 Å². The monoisotopic (exact) mass is 266 g/mol. The van der Waals surface area contributed by atoms with Crippen molar-refractivity contribution in [3.8, 4) is 0 Å². The molecule has 5 heteroatoms. The van der Waals surface area contributed by atoms with Crippen LogP contribution in [0.25, 0.3) is 6.08 Å². The standard InChI is InChI=1S/C13H18N2O2S/c1-11(16)18-8-4-5-12-9-14-15(10-12)13-6-2-3-7-17-13/h4-5,9-10,13H,2-3,6-8H2,1H3/t13-/m0/s1. The summed E-state index contributed by atoms with van der Waals surface area (Å²) in [5.74, 6) is 0.709. The van der Waals surface area contributed by atoms with E-state index >= 15 is 0 Å². The highest BCUT2D eigenvalue weighted by molar-refractivity contribution is 8.13. The van der Waals surface area contributed by atoms with Gasteiger partial charge in [0, 0.05) is 31.0 Å². The van der Waals surface area contributed by atoms with E-state index in [0.717, 1.165) is 25.0 Å². The Bertz CT molecular complexity index is 422. The molecule has 0 spiro atoms. The van der Waals surface area contributed by atoms with Crippen LogP contribution in [0.3, 0.4) is 0 Å². The Hall–Kier alpha value is -1.07. The maximum absolute atomic E-state index is 10.8. The molecule has 2 rings (SSSR count). The normalized spacial score (nSPS) is 20.4. The molecule has 2 heterocycles. The van der Waals surface area contributed by atoms with E-state index in [-0.39, 0.29) is 11.3 Å². The first kappa shape index (κ1) is 13.4. The zero-order chi connectivity index (χ0) is 12.8. The molecule has 0 saturated carbocycles. The van der Waals surface area contributed by atoms with Crippen molar-refractivity contribution in [2.45, 2.75) is 32.4 Å². The van der Waals surface area contributed by atoms with E-state index in [1.807, 2.05) is 29.2 Å². The van der Waals surface area contributed by atoms with E-state index in [2.05, 4.69) is 5.10 Å². The molecule has 4 nitrogen and oxygen atoms in total. The Labute approximate surface area is 111 Å². The maximum atomic E-state index is 10.8. The van der Waals surface area contributed by atoms with Crippen molar-refractivity contribution in [3.05, 3.63) is 24.0 Å². The third-order valence-corrected chi connectivity index (χ3v) is 3.53. The van der Waals surface area contributed by atoms with Crippen LogP contribution in [0.2, 0.25) is 0 Å². The number of hydrogen-bond acceptors (Lipinski definition) is 4. The average molecular weight is 266 g/mol. The quantitative estimate of drug-likeness (QED) is 0.840. The number of carbonyl (C=O) groups is 1. The fourth-order valence-corrected chi connectivity index (χ4v) is 2.31. The summed E-state index contributed by atoms with van der Waals surface area (Å²) < 4.78 is 7.55. The van der Waals surface area contributed by atoms with Crippen LogP contribution in [0.4, 0.5) is 0 Å². The molecule has 18 heavy (non-hydrogen) atoms. The Balaban J connectivity index is 1.87. The van der Waals surface area contributed by atoms with E-state index in [9.17, 15) is 4.79 Å².